The van der Waals surface area contributed by atoms with Crippen molar-refractivity contribution in [1.29, 1.82) is 0 Å². The number of methoxy groups -OCH3 is 1. The van der Waals surface area contributed by atoms with Crippen LogP contribution in [0, 0.1) is 11.2 Å². The summed E-state index contributed by atoms with van der Waals surface area (Å²) in [5.74, 6) is -0.0247. The number of aliphatic hydroxyl groups excluding tert-OH is 1. The Labute approximate surface area is 148 Å². The molecule has 2 N–H and O–H groups in total. The Kier molecular flexibility index (Phi) is 5.71. The SMILES string of the molecule is COc1ccc(CCCNCC2(C(O)c3ccccc3)CC2)cc1F. The van der Waals surface area contributed by atoms with Crippen molar-refractivity contribution in [2.24, 2.45) is 5.41 Å². The Balaban J connectivity index is 1.42. The minimum absolute atomic E-state index is 0.0203. The molecule has 4 heteroatoms. The maximum absolute atomic E-state index is 13.7. The number of rotatable bonds is 9. The molecule has 0 saturated heterocycles. The van der Waals surface area contributed by atoms with Crippen molar-refractivity contribution in [2.45, 2.75) is 31.8 Å². The fraction of sp³-hybridized carbons (Fsp3) is 0.429. The summed E-state index contributed by atoms with van der Waals surface area (Å²) in [4.78, 5) is 0. The third kappa shape index (κ3) is 4.39. The van der Waals surface area contributed by atoms with Crippen LogP contribution in [0.15, 0.2) is 48.5 Å². The fourth-order valence-corrected chi connectivity index (χ4v) is 3.32. The van der Waals surface area contributed by atoms with Crippen LogP contribution in [0.1, 0.15) is 36.5 Å². The summed E-state index contributed by atoms with van der Waals surface area (Å²) < 4.78 is 18.6. The molecule has 25 heavy (non-hydrogen) atoms. The summed E-state index contributed by atoms with van der Waals surface area (Å²) in [6.45, 7) is 1.68. The zero-order valence-electron chi connectivity index (χ0n) is 14.7. The molecule has 0 aliphatic heterocycles. The van der Waals surface area contributed by atoms with E-state index in [2.05, 4.69) is 5.32 Å². The van der Waals surface area contributed by atoms with Gasteiger partial charge in [0.25, 0.3) is 0 Å². The lowest BCUT2D eigenvalue weighted by Gasteiger charge is -2.23. The molecule has 1 fully saturated rings. The summed E-state index contributed by atoms with van der Waals surface area (Å²) in [5.41, 5.74) is 1.95. The predicted octanol–water partition coefficient (Wildman–Crippen LogP) is 3.87. The Morgan fingerprint density at radius 1 is 1.20 bits per heavy atom. The van der Waals surface area contributed by atoms with Crippen molar-refractivity contribution in [2.75, 3.05) is 20.2 Å². The van der Waals surface area contributed by atoms with Gasteiger partial charge in [0, 0.05) is 12.0 Å². The summed E-state index contributed by atoms with van der Waals surface area (Å²) in [6, 6.07) is 15.0. The molecule has 0 bridgehead atoms. The molecule has 0 heterocycles. The monoisotopic (exact) mass is 343 g/mol. The molecule has 134 valence electrons. The van der Waals surface area contributed by atoms with Crippen LogP contribution in [0.5, 0.6) is 5.75 Å². The average Bonchev–Trinajstić information content (AvgIpc) is 3.43. The second kappa shape index (κ2) is 7.98. The largest absolute Gasteiger partial charge is 0.494 e. The van der Waals surface area contributed by atoms with Gasteiger partial charge in [-0.15, -0.1) is 0 Å². The second-order valence-electron chi connectivity index (χ2n) is 6.92. The molecular weight excluding hydrogens is 317 g/mol. The van der Waals surface area contributed by atoms with Crippen molar-refractivity contribution >= 4 is 0 Å². The van der Waals surface area contributed by atoms with E-state index in [1.807, 2.05) is 36.4 Å². The Hall–Kier alpha value is -1.91. The molecule has 1 aliphatic carbocycles. The lowest BCUT2D eigenvalue weighted by Crippen LogP contribution is -2.29. The number of halogens is 1. The number of ether oxygens (including phenoxy) is 1. The van der Waals surface area contributed by atoms with Crippen molar-refractivity contribution < 1.29 is 14.2 Å². The maximum atomic E-state index is 13.7. The summed E-state index contributed by atoms with van der Waals surface area (Å²) in [6.07, 6.45) is 3.46. The maximum Gasteiger partial charge on any atom is 0.165 e. The van der Waals surface area contributed by atoms with Crippen LogP contribution in [0.4, 0.5) is 4.39 Å². The van der Waals surface area contributed by atoms with Crippen LogP contribution in [-0.4, -0.2) is 25.3 Å². The highest BCUT2D eigenvalue weighted by molar-refractivity contribution is 5.29. The smallest absolute Gasteiger partial charge is 0.165 e. The number of hydrogen-bond acceptors (Lipinski definition) is 3. The Morgan fingerprint density at radius 3 is 2.60 bits per heavy atom. The van der Waals surface area contributed by atoms with Gasteiger partial charge in [0.2, 0.25) is 0 Å². The van der Waals surface area contributed by atoms with Crippen LogP contribution in [-0.2, 0) is 6.42 Å². The Bertz CT molecular complexity index is 686. The van der Waals surface area contributed by atoms with Crippen molar-refractivity contribution in [3.63, 3.8) is 0 Å². The van der Waals surface area contributed by atoms with Crippen LogP contribution in [0.25, 0.3) is 0 Å². The molecule has 1 atom stereocenters. The molecule has 3 nitrogen and oxygen atoms in total. The molecular formula is C21H26FNO2. The molecule has 2 aromatic carbocycles. The number of aryl methyl sites for hydroxylation is 1. The molecule has 0 amide bonds. The first kappa shape index (κ1) is 17.9. The third-order valence-electron chi connectivity index (χ3n) is 5.10. The normalized spacial score (nSPS) is 16.4. The lowest BCUT2D eigenvalue weighted by atomic mass is 9.92. The van der Waals surface area contributed by atoms with Crippen LogP contribution < -0.4 is 10.1 Å². The van der Waals surface area contributed by atoms with E-state index >= 15 is 0 Å². The van der Waals surface area contributed by atoms with Gasteiger partial charge in [-0.25, -0.2) is 4.39 Å². The highest BCUT2D eigenvalue weighted by atomic mass is 19.1. The number of hydrogen-bond donors (Lipinski definition) is 2. The summed E-state index contributed by atoms with van der Waals surface area (Å²) >= 11 is 0. The average molecular weight is 343 g/mol. The van der Waals surface area contributed by atoms with Gasteiger partial charge in [-0.2, -0.15) is 0 Å². The van der Waals surface area contributed by atoms with E-state index in [0.717, 1.165) is 49.9 Å². The topological polar surface area (TPSA) is 41.5 Å². The van der Waals surface area contributed by atoms with Crippen LogP contribution >= 0.6 is 0 Å². The molecule has 2 aromatic rings. The van der Waals surface area contributed by atoms with E-state index < -0.39 is 6.10 Å². The molecule has 0 spiro atoms. The van der Waals surface area contributed by atoms with Crippen molar-refractivity contribution in [1.82, 2.24) is 5.32 Å². The summed E-state index contributed by atoms with van der Waals surface area (Å²) in [5, 5.41) is 14.1. The van der Waals surface area contributed by atoms with Gasteiger partial charge in [-0.3, -0.25) is 0 Å². The zero-order valence-corrected chi connectivity index (χ0v) is 14.7. The zero-order chi connectivity index (χ0) is 17.7. The highest BCUT2D eigenvalue weighted by Crippen LogP contribution is 2.54. The molecule has 0 aromatic heterocycles. The standard InChI is InChI=1S/C21H26FNO2/c1-25-19-10-9-16(14-18(19)22)6-5-13-23-15-21(11-12-21)20(24)17-7-3-2-4-8-17/h2-4,7-10,14,20,23-24H,5-6,11-13,15H2,1H3. The first-order valence-electron chi connectivity index (χ1n) is 8.91. The van der Waals surface area contributed by atoms with Gasteiger partial charge < -0.3 is 15.2 Å². The van der Waals surface area contributed by atoms with Gasteiger partial charge in [0.15, 0.2) is 11.6 Å². The minimum Gasteiger partial charge on any atom is -0.494 e. The van der Waals surface area contributed by atoms with Crippen LogP contribution in [0.2, 0.25) is 0 Å². The lowest BCUT2D eigenvalue weighted by molar-refractivity contribution is 0.0920. The fourth-order valence-electron chi connectivity index (χ4n) is 3.32. The number of nitrogens with one attached hydrogen (secondary N) is 1. The number of aliphatic hydroxyl groups is 1. The third-order valence-corrected chi connectivity index (χ3v) is 5.10. The molecule has 1 unspecified atom stereocenters. The second-order valence-corrected chi connectivity index (χ2v) is 6.92. The van der Waals surface area contributed by atoms with E-state index in [0.29, 0.717) is 0 Å². The van der Waals surface area contributed by atoms with Crippen molar-refractivity contribution in [3.8, 4) is 5.75 Å². The molecule has 1 saturated carbocycles. The number of benzene rings is 2. The first-order chi connectivity index (χ1) is 12.1. The van der Waals surface area contributed by atoms with Crippen molar-refractivity contribution in [3.05, 3.63) is 65.5 Å². The molecule has 0 radical (unpaired) electrons. The summed E-state index contributed by atoms with van der Waals surface area (Å²) in [7, 11) is 1.47. The van der Waals surface area contributed by atoms with E-state index in [1.54, 1.807) is 12.1 Å². The van der Waals surface area contributed by atoms with Gasteiger partial charge in [-0.1, -0.05) is 36.4 Å². The molecule has 1 aliphatic rings. The van der Waals surface area contributed by atoms with E-state index in [9.17, 15) is 9.50 Å². The first-order valence-corrected chi connectivity index (χ1v) is 8.91. The van der Waals surface area contributed by atoms with E-state index in [4.69, 9.17) is 4.74 Å². The van der Waals surface area contributed by atoms with Gasteiger partial charge in [0.1, 0.15) is 0 Å². The van der Waals surface area contributed by atoms with Gasteiger partial charge in [0.05, 0.1) is 13.2 Å². The Morgan fingerprint density at radius 2 is 1.96 bits per heavy atom. The van der Waals surface area contributed by atoms with E-state index in [-0.39, 0.29) is 17.0 Å². The predicted molar refractivity (Wildman–Crippen MR) is 97.2 cm³/mol. The minimum atomic E-state index is -0.406. The quantitative estimate of drug-likeness (QED) is 0.679. The molecule has 3 rings (SSSR count). The van der Waals surface area contributed by atoms with Crippen LogP contribution in [0.3, 0.4) is 0 Å². The van der Waals surface area contributed by atoms with Gasteiger partial charge >= 0.3 is 0 Å². The highest BCUT2D eigenvalue weighted by Gasteiger charge is 2.48. The van der Waals surface area contributed by atoms with E-state index in [1.165, 1.54) is 7.11 Å². The van der Waals surface area contributed by atoms with Gasteiger partial charge in [-0.05, 0) is 55.5 Å².